The van der Waals surface area contributed by atoms with E-state index in [1.165, 1.54) is 63.8 Å². The molecule has 354 valence electrons. The van der Waals surface area contributed by atoms with Crippen LogP contribution in [-0.4, -0.2) is 28.7 Å². The first-order valence-electron chi connectivity index (χ1n) is 25.7. The van der Waals surface area contributed by atoms with Crippen LogP contribution in [0.1, 0.15) is 0 Å². The van der Waals surface area contributed by atoms with Crippen molar-refractivity contribution in [2.75, 3.05) is 0 Å². The molecule has 76 heavy (non-hydrogen) atoms. The molecular weight excluding hydrogens is 945 g/mol. The third-order valence-corrected chi connectivity index (χ3v) is 16.4. The van der Waals surface area contributed by atoms with Crippen molar-refractivity contribution in [3.8, 4) is 62.4 Å². The van der Waals surface area contributed by atoms with E-state index in [0.717, 1.165) is 66.7 Å². The number of nitrogens with zero attached hydrogens (tertiary/aromatic N) is 6. The second-order valence-corrected chi connectivity index (χ2v) is 20.6. The molecule has 16 aromatic rings. The number of hydrogen-bond donors (Lipinski definition) is 0. The highest BCUT2D eigenvalue weighted by molar-refractivity contribution is 7.25. The van der Waals surface area contributed by atoms with Crippen LogP contribution in [0, 0.1) is 0 Å². The summed E-state index contributed by atoms with van der Waals surface area (Å²) in [7, 11) is 0. The summed E-state index contributed by atoms with van der Waals surface area (Å²) in [6.07, 6.45) is 0. The monoisotopic (exact) mass is 986 g/mol. The van der Waals surface area contributed by atoms with Crippen molar-refractivity contribution in [1.29, 1.82) is 0 Å². The van der Waals surface area contributed by atoms with Crippen molar-refractivity contribution in [3.05, 3.63) is 255 Å². The van der Waals surface area contributed by atoms with Gasteiger partial charge in [-0.3, -0.25) is 0 Å². The van der Waals surface area contributed by atoms with Crippen molar-refractivity contribution in [1.82, 2.24) is 28.7 Å². The molecule has 0 aliphatic rings. The first-order chi connectivity index (χ1) is 37.7. The SMILES string of the molecule is c1ccc(-c2nc(-c3ccccc3)nc(-c3cc(-c4cccc5sc6ccccc6c45)ccc3-n3c4ccc(-n5c6ccccc6c6ccccc65)cc4c4cc(-n5c6ccccc6c6ccccc65)ccc43)n2)cc1. The second-order valence-electron chi connectivity index (χ2n) is 19.5. The van der Waals surface area contributed by atoms with E-state index in [0.29, 0.717) is 17.5 Å². The maximum Gasteiger partial charge on any atom is 0.166 e. The van der Waals surface area contributed by atoms with Crippen LogP contribution in [0.3, 0.4) is 0 Å². The highest BCUT2D eigenvalue weighted by atomic mass is 32.1. The van der Waals surface area contributed by atoms with E-state index in [-0.39, 0.29) is 0 Å². The lowest BCUT2D eigenvalue weighted by molar-refractivity contribution is 1.06. The Kier molecular flexibility index (Phi) is 9.40. The predicted molar refractivity (Wildman–Crippen MR) is 317 cm³/mol. The summed E-state index contributed by atoms with van der Waals surface area (Å²) >= 11 is 1.84. The van der Waals surface area contributed by atoms with Crippen LogP contribution < -0.4 is 0 Å². The van der Waals surface area contributed by atoms with Crippen LogP contribution in [0.4, 0.5) is 0 Å². The number of rotatable bonds is 7. The molecule has 0 N–H and O–H groups in total. The van der Waals surface area contributed by atoms with Gasteiger partial charge >= 0.3 is 0 Å². The van der Waals surface area contributed by atoms with Crippen LogP contribution in [0.25, 0.3) is 148 Å². The zero-order chi connectivity index (χ0) is 49.8. The Hall–Kier alpha value is -9.95. The van der Waals surface area contributed by atoms with Crippen LogP contribution in [0.15, 0.2) is 255 Å². The van der Waals surface area contributed by atoms with Gasteiger partial charge in [0.25, 0.3) is 0 Å². The molecule has 0 fully saturated rings. The number of benzene rings is 11. The van der Waals surface area contributed by atoms with Gasteiger partial charge in [0.2, 0.25) is 0 Å². The lowest BCUT2D eigenvalue weighted by Gasteiger charge is -2.17. The van der Waals surface area contributed by atoms with Crippen molar-refractivity contribution < 1.29 is 0 Å². The first-order valence-corrected chi connectivity index (χ1v) is 26.5. The van der Waals surface area contributed by atoms with Crippen molar-refractivity contribution in [3.63, 3.8) is 0 Å². The maximum atomic E-state index is 5.44. The average Bonchev–Trinajstić information content (AvgIpc) is 4.24. The van der Waals surface area contributed by atoms with E-state index in [9.17, 15) is 0 Å². The second kappa shape index (κ2) is 16.8. The number of hydrogen-bond acceptors (Lipinski definition) is 4. The number of aromatic nitrogens is 6. The summed E-state index contributed by atoms with van der Waals surface area (Å²) in [5, 5.41) is 9.68. The topological polar surface area (TPSA) is 53.5 Å². The lowest BCUT2D eigenvalue weighted by atomic mass is 9.96. The average molecular weight is 987 g/mol. The zero-order valence-electron chi connectivity index (χ0n) is 40.8. The van der Waals surface area contributed by atoms with E-state index < -0.39 is 0 Å². The zero-order valence-corrected chi connectivity index (χ0v) is 41.7. The minimum absolute atomic E-state index is 0.589. The third-order valence-electron chi connectivity index (χ3n) is 15.3. The van der Waals surface area contributed by atoms with Crippen LogP contribution in [0.2, 0.25) is 0 Å². The lowest BCUT2D eigenvalue weighted by Crippen LogP contribution is -2.04. The van der Waals surface area contributed by atoms with E-state index >= 15 is 0 Å². The molecule has 0 radical (unpaired) electrons. The van der Waals surface area contributed by atoms with Crippen LogP contribution in [0.5, 0.6) is 0 Å². The van der Waals surface area contributed by atoms with E-state index in [1.54, 1.807) is 0 Å². The summed E-state index contributed by atoms with van der Waals surface area (Å²) in [4.78, 5) is 16.0. The molecule has 5 heterocycles. The van der Waals surface area contributed by atoms with E-state index in [4.69, 9.17) is 15.0 Å². The molecule has 0 atom stereocenters. The fourth-order valence-corrected chi connectivity index (χ4v) is 13.1. The maximum absolute atomic E-state index is 5.44. The van der Waals surface area contributed by atoms with Gasteiger partial charge in [-0.2, -0.15) is 0 Å². The van der Waals surface area contributed by atoms with Gasteiger partial charge in [-0.05, 0) is 96.1 Å². The molecule has 0 saturated heterocycles. The molecule has 0 saturated carbocycles. The highest BCUT2D eigenvalue weighted by Gasteiger charge is 2.24. The van der Waals surface area contributed by atoms with Gasteiger partial charge in [-0.25, -0.2) is 15.0 Å². The fraction of sp³-hybridized carbons (Fsp3) is 0. The van der Waals surface area contributed by atoms with E-state index in [2.05, 4.69) is 232 Å². The minimum Gasteiger partial charge on any atom is -0.309 e. The third kappa shape index (κ3) is 6.49. The first kappa shape index (κ1) is 42.5. The van der Waals surface area contributed by atoms with Gasteiger partial charge in [0.05, 0.1) is 38.8 Å². The Labute approximate surface area is 440 Å². The van der Waals surface area contributed by atoms with Gasteiger partial charge in [0.15, 0.2) is 17.5 Å². The minimum atomic E-state index is 0.589. The standard InChI is InChI=1S/C69H42N6S/c1-3-18-43(19-4-1)67-70-68(44-20-5-2-6-21-44)72-69(71-67)56-40-45(48-27-17-33-65-66(48)53-26-11-16-32-64(53)76-65)34-37-63(56)75-61-38-35-46(73-57-28-12-7-22-49(57)50-23-8-13-29-58(50)73)41-54(61)55-42-47(36-39-62(55)75)74-59-30-14-9-24-51(59)52-25-10-15-31-60(52)74/h1-42H. The molecule has 5 aromatic heterocycles. The van der Waals surface area contributed by atoms with Gasteiger partial charge in [0, 0.05) is 80.6 Å². The Morgan fingerprint density at radius 3 is 1.22 bits per heavy atom. The van der Waals surface area contributed by atoms with Gasteiger partial charge < -0.3 is 13.7 Å². The van der Waals surface area contributed by atoms with Crippen molar-refractivity contribution in [2.24, 2.45) is 0 Å². The van der Waals surface area contributed by atoms with Gasteiger partial charge in [-0.1, -0.05) is 170 Å². The Morgan fingerprint density at radius 1 is 0.263 bits per heavy atom. The molecule has 0 unspecified atom stereocenters. The van der Waals surface area contributed by atoms with Crippen LogP contribution >= 0.6 is 11.3 Å². The molecule has 0 amide bonds. The summed E-state index contributed by atoms with van der Waals surface area (Å²) in [6, 6.07) is 91.7. The Balaban J connectivity index is 1.01. The van der Waals surface area contributed by atoms with Crippen molar-refractivity contribution >= 4 is 96.9 Å². The summed E-state index contributed by atoms with van der Waals surface area (Å²) in [6.45, 7) is 0. The molecule has 0 bridgehead atoms. The Morgan fingerprint density at radius 2 is 0.697 bits per heavy atom. The number of para-hydroxylation sites is 4. The summed E-state index contributed by atoms with van der Waals surface area (Å²) in [5.41, 5.74) is 14.9. The van der Waals surface area contributed by atoms with Crippen molar-refractivity contribution in [2.45, 2.75) is 0 Å². The largest absolute Gasteiger partial charge is 0.309 e. The summed E-state index contributed by atoms with van der Waals surface area (Å²) in [5.74, 6) is 1.81. The fourth-order valence-electron chi connectivity index (χ4n) is 12.0. The van der Waals surface area contributed by atoms with Gasteiger partial charge in [-0.15, -0.1) is 11.3 Å². The quantitative estimate of drug-likeness (QED) is 0.160. The molecular formula is C69H42N6S. The molecule has 11 aromatic carbocycles. The van der Waals surface area contributed by atoms with Gasteiger partial charge in [0.1, 0.15) is 0 Å². The predicted octanol–water partition coefficient (Wildman–Crippen LogP) is 18.2. The van der Waals surface area contributed by atoms with E-state index in [1.807, 2.05) is 47.7 Å². The molecule has 0 aliphatic carbocycles. The smallest absolute Gasteiger partial charge is 0.166 e. The number of thiophene rings is 1. The molecule has 0 aliphatic heterocycles. The normalized spacial score (nSPS) is 11.9. The molecule has 6 nitrogen and oxygen atoms in total. The molecule has 7 heteroatoms. The Bertz CT molecular complexity index is 4670. The highest BCUT2D eigenvalue weighted by Crippen LogP contribution is 2.45. The summed E-state index contributed by atoms with van der Waals surface area (Å²) < 4.78 is 9.79. The number of fused-ring (bicyclic) bond motifs is 12. The molecule has 16 rings (SSSR count). The molecule has 0 spiro atoms. The van der Waals surface area contributed by atoms with Crippen LogP contribution in [-0.2, 0) is 0 Å².